The van der Waals surface area contributed by atoms with Crippen LogP contribution in [-0.4, -0.2) is 49.2 Å². The van der Waals surface area contributed by atoms with E-state index in [4.69, 9.17) is 4.74 Å². The zero-order valence-electron chi connectivity index (χ0n) is 11.9. The lowest BCUT2D eigenvalue weighted by atomic mass is 10.1. The molecule has 0 unspecified atom stereocenters. The SMILES string of the molecule is C[C@@H](CNC(=O)c1cccc(F)c1)N1CCOC[C@@H]1C. The van der Waals surface area contributed by atoms with Gasteiger partial charge in [0.15, 0.2) is 0 Å². The van der Waals surface area contributed by atoms with Crippen LogP contribution in [0.3, 0.4) is 0 Å². The Balaban J connectivity index is 1.86. The zero-order valence-corrected chi connectivity index (χ0v) is 11.9. The quantitative estimate of drug-likeness (QED) is 0.912. The number of benzene rings is 1. The average Bonchev–Trinajstić information content (AvgIpc) is 2.45. The second-order valence-electron chi connectivity index (χ2n) is 5.23. The first-order valence-electron chi connectivity index (χ1n) is 6.95. The van der Waals surface area contributed by atoms with E-state index in [1.807, 2.05) is 0 Å². The van der Waals surface area contributed by atoms with E-state index in [9.17, 15) is 9.18 Å². The van der Waals surface area contributed by atoms with Gasteiger partial charge < -0.3 is 10.1 Å². The van der Waals surface area contributed by atoms with Crippen LogP contribution in [0.4, 0.5) is 4.39 Å². The standard InChI is InChI=1S/C15H21FN2O2/c1-11(18-6-7-20-10-12(18)2)9-17-15(19)13-4-3-5-14(16)8-13/h3-5,8,11-12H,6-7,9-10H2,1-2H3,(H,17,19)/t11-,12-/m0/s1. The summed E-state index contributed by atoms with van der Waals surface area (Å²) in [5.41, 5.74) is 0.354. The molecule has 1 aromatic carbocycles. The van der Waals surface area contributed by atoms with E-state index in [0.29, 0.717) is 18.2 Å². The predicted octanol–water partition coefficient (Wildman–Crippen LogP) is 1.66. The molecule has 0 bridgehead atoms. The van der Waals surface area contributed by atoms with Crippen molar-refractivity contribution < 1.29 is 13.9 Å². The second-order valence-corrected chi connectivity index (χ2v) is 5.23. The lowest BCUT2D eigenvalue weighted by Crippen LogP contribution is -2.51. The van der Waals surface area contributed by atoms with Gasteiger partial charge in [-0.1, -0.05) is 6.07 Å². The van der Waals surface area contributed by atoms with Gasteiger partial charge in [0.2, 0.25) is 0 Å². The average molecular weight is 280 g/mol. The molecule has 20 heavy (non-hydrogen) atoms. The van der Waals surface area contributed by atoms with Crippen LogP contribution in [-0.2, 0) is 4.74 Å². The van der Waals surface area contributed by atoms with Gasteiger partial charge in [0, 0.05) is 30.7 Å². The first-order valence-corrected chi connectivity index (χ1v) is 6.95. The number of amides is 1. The maximum absolute atomic E-state index is 13.1. The Morgan fingerprint density at radius 3 is 3.10 bits per heavy atom. The molecule has 1 fully saturated rings. The van der Waals surface area contributed by atoms with Crippen molar-refractivity contribution in [3.63, 3.8) is 0 Å². The van der Waals surface area contributed by atoms with E-state index in [2.05, 4.69) is 24.1 Å². The highest BCUT2D eigenvalue weighted by Crippen LogP contribution is 2.10. The highest BCUT2D eigenvalue weighted by Gasteiger charge is 2.23. The van der Waals surface area contributed by atoms with Crippen LogP contribution >= 0.6 is 0 Å². The minimum Gasteiger partial charge on any atom is -0.379 e. The number of nitrogens with zero attached hydrogens (tertiary/aromatic N) is 1. The Bertz CT molecular complexity index is 467. The fourth-order valence-electron chi connectivity index (χ4n) is 2.48. The predicted molar refractivity (Wildman–Crippen MR) is 75.2 cm³/mol. The number of hydrogen-bond acceptors (Lipinski definition) is 3. The summed E-state index contributed by atoms with van der Waals surface area (Å²) in [7, 11) is 0. The number of rotatable bonds is 4. The van der Waals surface area contributed by atoms with Crippen molar-refractivity contribution >= 4 is 5.91 Å². The van der Waals surface area contributed by atoms with E-state index in [-0.39, 0.29) is 11.9 Å². The Hall–Kier alpha value is -1.46. The van der Waals surface area contributed by atoms with Crippen LogP contribution in [0, 0.1) is 5.82 Å². The number of nitrogens with one attached hydrogen (secondary N) is 1. The van der Waals surface area contributed by atoms with Gasteiger partial charge in [-0.2, -0.15) is 0 Å². The fourth-order valence-corrected chi connectivity index (χ4v) is 2.48. The smallest absolute Gasteiger partial charge is 0.251 e. The molecule has 0 spiro atoms. The monoisotopic (exact) mass is 280 g/mol. The van der Waals surface area contributed by atoms with Gasteiger partial charge in [0.1, 0.15) is 5.82 Å². The van der Waals surface area contributed by atoms with Crippen LogP contribution in [0.5, 0.6) is 0 Å². The van der Waals surface area contributed by atoms with E-state index < -0.39 is 5.82 Å². The van der Waals surface area contributed by atoms with Gasteiger partial charge in [-0.05, 0) is 32.0 Å². The molecule has 2 rings (SSSR count). The zero-order chi connectivity index (χ0) is 14.5. The molecule has 1 saturated heterocycles. The topological polar surface area (TPSA) is 41.6 Å². The van der Waals surface area contributed by atoms with Crippen molar-refractivity contribution in [2.75, 3.05) is 26.3 Å². The molecule has 0 saturated carbocycles. The third-order valence-corrected chi connectivity index (χ3v) is 3.63. The largest absolute Gasteiger partial charge is 0.379 e. The Morgan fingerprint density at radius 1 is 1.60 bits per heavy atom. The minimum atomic E-state index is -0.396. The molecule has 0 aromatic heterocycles. The summed E-state index contributed by atoms with van der Waals surface area (Å²) < 4.78 is 18.5. The van der Waals surface area contributed by atoms with Gasteiger partial charge in [-0.25, -0.2) is 4.39 Å². The summed E-state index contributed by atoms with van der Waals surface area (Å²) in [4.78, 5) is 14.3. The molecule has 0 aliphatic carbocycles. The lowest BCUT2D eigenvalue weighted by molar-refractivity contribution is -0.0178. The van der Waals surface area contributed by atoms with Crippen LogP contribution in [0.15, 0.2) is 24.3 Å². The molecule has 110 valence electrons. The van der Waals surface area contributed by atoms with Crippen molar-refractivity contribution in [1.82, 2.24) is 10.2 Å². The number of carbonyl (C=O) groups is 1. The molecular weight excluding hydrogens is 259 g/mol. The van der Waals surface area contributed by atoms with E-state index in [1.54, 1.807) is 6.07 Å². The minimum absolute atomic E-state index is 0.228. The number of halogens is 1. The van der Waals surface area contributed by atoms with Gasteiger partial charge in [-0.15, -0.1) is 0 Å². The highest BCUT2D eigenvalue weighted by molar-refractivity contribution is 5.94. The molecule has 1 N–H and O–H groups in total. The molecule has 1 heterocycles. The number of carbonyl (C=O) groups excluding carboxylic acids is 1. The summed E-state index contributed by atoms with van der Waals surface area (Å²) in [5.74, 6) is -0.634. The first-order chi connectivity index (χ1) is 9.58. The fraction of sp³-hybridized carbons (Fsp3) is 0.533. The van der Waals surface area contributed by atoms with Crippen molar-refractivity contribution in [2.45, 2.75) is 25.9 Å². The third-order valence-electron chi connectivity index (χ3n) is 3.63. The summed E-state index contributed by atoms with van der Waals surface area (Å²) in [5, 5.41) is 2.86. The molecule has 1 amide bonds. The van der Waals surface area contributed by atoms with Gasteiger partial charge in [-0.3, -0.25) is 9.69 Å². The van der Waals surface area contributed by atoms with Crippen LogP contribution < -0.4 is 5.32 Å². The van der Waals surface area contributed by atoms with Gasteiger partial charge >= 0.3 is 0 Å². The number of morpholine rings is 1. The Labute approximate surface area is 118 Å². The third kappa shape index (κ3) is 3.77. The summed E-state index contributed by atoms with van der Waals surface area (Å²) in [6, 6.07) is 6.31. The maximum Gasteiger partial charge on any atom is 0.251 e. The van der Waals surface area contributed by atoms with Crippen LogP contribution in [0.1, 0.15) is 24.2 Å². The summed E-state index contributed by atoms with van der Waals surface area (Å²) in [6.07, 6.45) is 0. The van der Waals surface area contributed by atoms with E-state index in [1.165, 1.54) is 18.2 Å². The van der Waals surface area contributed by atoms with Crippen molar-refractivity contribution in [2.24, 2.45) is 0 Å². The number of hydrogen-bond donors (Lipinski definition) is 1. The molecular formula is C15H21FN2O2. The normalized spacial score (nSPS) is 21.4. The lowest BCUT2D eigenvalue weighted by Gasteiger charge is -2.37. The van der Waals surface area contributed by atoms with E-state index in [0.717, 1.165) is 19.8 Å². The highest BCUT2D eigenvalue weighted by atomic mass is 19.1. The van der Waals surface area contributed by atoms with Crippen LogP contribution in [0.2, 0.25) is 0 Å². The Morgan fingerprint density at radius 2 is 2.40 bits per heavy atom. The molecule has 5 heteroatoms. The maximum atomic E-state index is 13.1. The van der Waals surface area contributed by atoms with Crippen molar-refractivity contribution in [3.05, 3.63) is 35.6 Å². The van der Waals surface area contributed by atoms with Crippen molar-refractivity contribution in [1.29, 1.82) is 0 Å². The first kappa shape index (κ1) is 14.9. The molecule has 0 radical (unpaired) electrons. The van der Waals surface area contributed by atoms with Crippen LogP contribution in [0.25, 0.3) is 0 Å². The van der Waals surface area contributed by atoms with Gasteiger partial charge in [0.05, 0.1) is 13.2 Å². The summed E-state index contributed by atoms with van der Waals surface area (Å²) in [6.45, 7) is 7.06. The molecule has 1 aromatic rings. The van der Waals surface area contributed by atoms with Gasteiger partial charge in [0.25, 0.3) is 5.91 Å². The molecule has 4 nitrogen and oxygen atoms in total. The second kappa shape index (κ2) is 6.81. The summed E-state index contributed by atoms with van der Waals surface area (Å²) >= 11 is 0. The van der Waals surface area contributed by atoms with Crippen molar-refractivity contribution in [3.8, 4) is 0 Å². The Kier molecular flexibility index (Phi) is 5.09. The number of ether oxygens (including phenoxy) is 1. The molecule has 1 aliphatic rings. The molecule has 2 atom stereocenters. The molecule has 1 aliphatic heterocycles. The van der Waals surface area contributed by atoms with E-state index >= 15 is 0 Å².